The SMILES string of the molecule is Cc1cc(C)cc(Nc2ccc(-c3ccc(C)c(S(=O)(=O)N4CCCC4)c3)nn2)c1. The molecule has 0 atom stereocenters. The second kappa shape index (κ2) is 8.16. The molecule has 1 aromatic heterocycles. The normalized spacial score (nSPS) is 14.8. The Morgan fingerprint density at radius 3 is 2.20 bits per heavy atom. The predicted octanol–water partition coefficient (Wildman–Crippen LogP) is 4.60. The highest BCUT2D eigenvalue weighted by molar-refractivity contribution is 7.89. The topological polar surface area (TPSA) is 75.2 Å². The van der Waals surface area contributed by atoms with E-state index in [-0.39, 0.29) is 0 Å². The van der Waals surface area contributed by atoms with Gasteiger partial charge in [-0.2, -0.15) is 4.31 Å². The first kappa shape index (κ1) is 20.5. The smallest absolute Gasteiger partial charge is 0.243 e. The fraction of sp³-hybridized carbons (Fsp3) is 0.304. The number of aryl methyl sites for hydroxylation is 3. The van der Waals surface area contributed by atoms with Crippen molar-refractivity contribution in [1.82, 2.24) is 14.5 Å². The molecule has 1 aliphatic heterocycles. The fourth-order valence-electron chi connectivity index (χ4n) is 3.85. The summed E-state index contributed by atoms with van der Waals surface area (Å²) in [6, 6.07) is 15.4. The van der Waals surface area contributed by atoms with Crippen LogP contribution >= 0.6 is 0 Å². The molecule has 0 radical (unpaired) electrons. The van der Waals surface area contributed by atoms with Crippen molar-refractivity contribution < 1.29 is 8.42 Å². The lowest BCUT2D eigenvalue weighted by molar-refractivity contribution is 0.477. The number of rotatable bonds is 5. The van der Waals surface area contributed by atoms with Crippen LogP contribution in [-0.2, 0) is 10.0 Å². The molecule has 1 aliphatic rings. The van der Waals surface area contributed by atoms with Gasteiger partial charge in [0.15, 0.2) is 5.82 Å². The molecule has 4 rings (SSSR count). The standard InChI is InChI=1S/C23H26N4O2S/c1-16-12-17(2)14-20(13-16)24-23-9-8-21(25-26-23)19-7-6-18(3)22(15-19)30(28,29)27-10-4-5-11-27/h6-9,12-15H,4-5,10-11H2,1-3H3,(H,24,26). The van der Waals surface area contributed by atoms with E-state index in [4.69, 9.17) is 0 Å². The van der Waals surface area contributed by atoms with Crippen molar-refractivity contribution in [2.24, 2.45) is 0 Å². The zero-order chi connectivity index (χ0) is 21.3. The maximum atomic E-state index is 13.0. The van der Waals surface area contributed by atoms with Gasteiger partial charge in [-0.3, -0.25) is 0 Å². The molecule has 0 bridgehead atoms. The number of anilines is 2. The summed E-state index contributed by atoms with van der Waals surface area (Å²) in [6.07, 6.45) is 1.83. The quantitative estimate of drug-likeness (QED) is 0.650. The van der Waals surface area contributed by atoms with Crippen molar-refractivity contribution in [3.8, 4) is 11.3 Å². The molecule has 1 fully saturated rings. The minimum atomic E-state index is -3.48. The van der Waals surface area contributed by atoms with E-state index >= 15 is 0 Å². The Hall–Kier alpha value is -2.77. The predicted molar refractivity (Wildman–Crippen MR) is 119 cm³/mol. The molecular weight excluding hydrogens is 396 g/mol. The minimum Gasteiger partial charge on any atom is -0.339 e. The van der Waals surface area contributed by atoms with Crippen LogP contribution in [0.25, 0.3) is 11.3 Å². The van der Waals surface area contributed by atoms with Crippen LogP contribution in [0, 0.1) is 20.8 Å². The van der Waals surface area contributed by atoms with Crippen molar-refractivity contribution in [2.45, 2.75) is 38.5 Å². The Kier molecular flexibility index (Phi) is 5.58. The number of hydrogen-bond donors (Lipinski definition) is 1. The number of nitrogens with zero attached hydrogens (tertiary/aromatic N) is 3. The van der Waals surface area contributed by atoms with Crippen molar-refractivity contribution in [3.63, 3.8) is 0 Å². The number of hydrogen-bond acceptors (Lipinski definition) is 5. The van der Waals surface area contributed by atoms with Crippen LogP contribution in [0.5, 0.6) is 0 Å². The summed E-state index contributed by atoms with van der Waals surface area (Å²) >= 11 is 0. The Labute approximate surface area is 178 Å². The summed E-state index contributed by atoms with van der Waals surface area (Å²) in [5.41, 5.74) is 5.43. The van der Waals surface area contributed by atoms with E-state index in [9.17, 15) is 8.42 Å². The van der Waals surface area contributed by atoms with Gasteiger partial charge in [-0.1, -0.05) is 18.2 Å². The summed E-state index contributed by atoms with van der Waals surface area (Å²) in [6.45, 7) is 7.11. The molecule has 30 heavy (non-hydrogen) atoms. The van der Waals surface area contributed by atoms with Crippen LogP contribution < -0.4 is 5.32 Å². The van der Waals surface area contributed by atoms with Crippen LogP contribution in [0.2, 0.25) is 0 Å². The van der Waals surface area contributed by atoms with E-state index in [2.05, 4.69) is 47.6 Å². The molecule has 0 spiro atoms. The first-order valence-corrected chi connectivity index (χ1v) is 11.6. The van der Waals surface area contributed by atoms with Gasteiger partial charge < -0.3 is 5.32 Å². The van der Waals surface area contributed by atoms with Gasteiger partial charge in [0.1, 0.15) is 0 Å². The average molecular weight is 423 g/mol. The molecule has 1 N–H and O–H groups in total. The zero-order valence-electron chi connectivity index (χ0n) is 17.5. The molecule has 3 aromatic rings. The van der Waals surface area contributed by atoms with E-state index < -0.39 is 10.0 Å². The highest BCUT2D eigenvalue weighted by atomic mass is 32.2. The van der Waals surface area contributed by atoms with E-state index in [0.29, 0.717) is 29.5 Å². The van der Waals surface area contributed by atoms with E-state index in [0.717, 1.165) is 29.7 Å². The summed E-state index contributed by atoms with van der Waals surface area (Å²) in [5.74, 6) is 0.640. The van der Waals surface area contributed by atoms with Gasteiger partial charge in [-0.15, -0.1) is 10.2 Å². The Morgan fingerprint density at radius 1 is 0.867 bits per heavy atom. The third-order valence-corrected chi connectivity index (χ3v) is 7.37. The molecule has 156 valence electrons. The van der Waals surface area contributed by atoms with Crippen molar-refractivity contribution in [3.05, 3.63) is 65.2 Å². The van der Waals surface area contributed by atoms with Crippen molar-refractivity contribution in [1.29, 1.82) is 0 Å². The van der Waals surface area contributed by atoms with Gasteiger partial charge in [-0.05, 0) is 80.6 Å². The van der Waals surface area contributed by atoms with Crippen LogP contribution in [0.15, 0.2) is 53.4 Å². The largest absolute Gasteiger partial charge is 0.339 e. The van der Waals surface area contributed by atoms with Gasteiger partial charge in [0.25, 0.3) is 0 Å². The number of sulfonamides is 1. The maximum Gasteiger partial charge on any atom is 0.243 e. The molecule has 0 unspecified atom stereocenters. The van der Waals surface area contributed by atoms with Gasteiger partial charge in [0.2, 0.25) is 10.0 Å². The van der Waals surface area contributed by atoms with E-state index in [1.54, 1.807) is 10.4 Å². The van der Waals surface area contributed by atoms with Gasteiger partial charge in [0, 0.05) is 24.3 Å². The van der Waals surface area contributed by atoms with Crippen molar-refractivity contribution in [2.75, 3.05) is 18.4 Å². The zero-order valence-corrected chi connectivity index (χ0v) is 18.3. The first-order valence-electron chi connectivity index (χ1n) is 10.1. The molecule has 1 saturated heterocycles. The lowest BCUT2D eigenvalue weighted by atomic mass is 10.1. The fourth-order valence-corrected chi connectivity index (χ4v) is 5.62. The molecule has 0 aliphatic carbocycles. The van der Waals surface area contributed by atoms with Gasteiger partial charge in [-0.25, -0.2) is 8.42 Å². The summed E-state index contributed by atoms with van der Waals surface area (Å²) < 4.78 is 27.6. The van der Waals surface area contributed by atoms with Gasteiger partial charge >= 0.3 is 0 Å². The molecule has 2 aromatic carbocycles. The molecule has 6 nitrogen and oxygen atoms in total. The average Bonchev–Trinajstić information content (AvgIpc) is 3.24. The monoisotopic (exact) mass is 422 g/mol. The van der Waals surface area contributed by atoms with E-state index in [1.165, 1.54) is 11.1 Å². The molecule has 0 amide bonds. The number of aromatic nitrogens is 2. The highest BCUT2D eigenvalue weighted by Crippen LogP contribution is 2.28. The van der Waals surface area contributed by atoms with Crippen molar-refractivity contribution >= 4 is 21.5 Å². The van der Waals surface area contributed by atoms with E-state index in [1.807, 2.05) is 31.2 Å². The Morgan fingerprint density at radius 2 is 1.57 bits per heavy atom. The minimum absolute atomic E-state index is 0.348. The lowest BCUT2D eigenvalue weighted by Gasteiger charge is -2.17. The molecular formula is C23H26N4O2S. The lowest BCUT2D eigenvalue weighted by Crippen LogP contribution is -2.28. The van der Waals surface area contributed by atoms with Crippen LogP contribution in [0.1, 0.15) is 29.5 Å². The van der Waals surface area contributed by atoms with Gasteiger partial charge in [0.05, 0.1) is 10.6 Å². The molecule has 2 heterocycles. The first-order chi connectivity index (χ1) is 14.3. The number of benzene rings is 2. The van der Waals surface area contributed by atoms with Crippen LogP contribution in [0.3, 0.4) is 0 Å². The molecule has 7 heteroatoms. The third kappa shape index (κ3) is 4.22. The summed E-state index contributed by atoms with van der Waals surface area (Å²) in [5, 5.41) is 11.9. The summed E-state index contributed by atoms with van der Waals surface area (Å²) in [7, 11) is -3.48. The third-order valence-electron chi connectivity index (χ3n) is 5.33. The Balaban J connectivity index is 1.60. The Bertz CT molecular complexity index is 1150. The second-order valence-corrected chi connectivity index (χ2v) is 9.80. The second-order valence-electron chi connectivity index (χ2n) is 7.90. The van der Waals surface area contributed by atoms with Crippen LogP contribution in [0.4, 0.5) is 11.5 Å². The molecule has 0 saturated carbocycles. The summed E-state index contributed by atoms with van der Waals surface area (Å²) in [4.78, 5) is 0.348. The van der Waals surface area contributed by atoms with Crippen LogP contribution in [-0.4, -0.2) is 36.0 Å². The highest BCUT2D eigenvalue weighted by Gasteiger charge is 2.28. The number of nitrogens with one attached hydrogen (secondary N) is 1. The maximum absolute atomic E-state index is 13.0.